The summed E-state index contributed by atoms with van der Waals surface area (Å²) in [5, 5.41) is 6.47. The van der Waals surface area contributed by atoms with Crippen molar-refractivity contribution in [2.24, 2.45) is 0 Å². The van der Waals surface area contributed by atoms with E-state index in [1.165, 1.54) is 0 Å². The summed E-state index contributed by atoms with van der Waals surface area (Å²) in [6.45, 7) is 0. The molecule has 1 heterocycles. The molecule has 2 aromatic carbocycles. The van der Waals surface area contributed by atoms with Crippen LogP contribution in [0.1, 0.15) is 10.4 Å². The van der Waals surface area contributed by atoms with Crippen molar-refractivity contribution in [2.75, 3.05) is 5.32 Å². The Balaban J connectivity index is 1.93. The van der Waals surface area contributed by atoms with Crippen molar-refractivity contribution >= 4 is 67.2 Å². The SMILES string of the molecule is O=C(Nc1ccc(Cl)cc1I)c1csc2ccccc12. The van der Waals surface area contributed by atoms with Crippen LogP contribution in [0.25, 0.3) is 10.1 Å². The predicted molar refractivity (Wildman–Crippen MR) is 93.9 cm³/mol. The van der Waals surface area contributed by atoms with Gasteiger partial charge in [-0.05, 0) is 46.9 Å². The first kappa shape index (κ1) is 13.9. The van der Waals surface area contributed by atoms with Crippen molar-refractivity contribution in [3.05, 3.63) is 62.0 Å². The van der Waals surface area contributed by atoms with Crippen molar-refractivity contribution in [1.29, 1.82) is 0 Å². The first-order valence-corrected chi connectivity index (χ1v) is 8.21. The van der Waals surface area contributed by atoms with E-state index >= 15 is 0 Å². The highest BCUT2D eigenvalue weighted by molar-refractivity contribution is 14.1. The van der Waals surface area contributed by atoms with Crippen molar-refractivity contribution in [3.8, 4) is 0 Å². The third-order valence-electron chi connectivity index (χ3n) is 2.90. The van der Waals surface area contributed by atoms with Gasteiger partial charge in [0, 0.05) is 24.1 Å². The first-order chi connectivity index (χ1) is 9.65. The molecule has 0 aliphatic carbocycles. The Morgan fingerprint density at radius 2 is 2.00 bits per heavy atom. The number of thiophene rings is 1. The number of halogens is 2. The van der Waals surface area contributed by atoms with Gasteiger partial charge in [0.1, 0.15) is 0 Å². The minimum absolute atomic E-state index is 0.0947. The number of carbonyl (C=O) groups is 1. The van der Waals surface area contributed by atoms with Gasteiger partial charge in [0.15, 0.2) is 0 Å². The van der Waals surface area contributed by atoms with Crippen LogP contribution in [0, 0.1) is 3.57 Å². The number of anilines is 1. The monoisotopic (exact) mass is 413 g/mol. The van der Waals surface area contributed by atoms with Crippen LogP contribution in [0.15, 0.2) is 47.8 Å². The summed E-state index contributed by atoms with van der Waals surface area (Å²) in [7, 11) is 0. The largest absolute Gasteiger partial charge is 0.321 e. The molecule has 0 atom stereocenters. The Kier molecular flexibility index (Phi) is 3.96. The number of benzene rings is 2. The van der Waals surface area contributed by atoms with E-state index in [0.717, 1.165) is 19.3 Å². The molecule has 0 aliphatic rings. The standard InChI is InChI=1S/C15H9ClINOS/c16-9-5-6-13(12(17)7-9)18-15(19)11-8-20-14-4-2-1-3-10(11)14/h1-8H,(H,18,19). The molecule has 0 aliphatic heterocycles. The number of fused-ring (bicyclic) bond motifs is 1. The molecule has 3 aromatic rings. The molecule has 0 saturated carbocycles. The van der Waals surface area contributed by atoms with Crippen LogP contribution in [0.5, 0.6) is 0 Å². The van der Waals surface area contributed by atoms with Gasteiger partial charge in [0.05, 0.1) is 11.3 Å². The maximum Gasteiger partial charge on any atom is 0.257 e. The van der Waals surface area contributed by atoms with Crippen LogP contribution < -0.4 is 5.32 Å². The topological polar surface area (TPSA) is 29.1 Å². The van der Waals surface area contributed by atoms with Crippen molar-refractivity contribution < 1.29 is 4.79 Å². The lowest BCUT2D eigenvalue weighted by Crippen LogP contribution is -2.12. The van der Waals surface area contributed by atoms with E-state index in [2.05, 4.69) is 27.9 Å². The number of hydrogen-bond donors (Lipinski definition) is 1. The average molecular weight is 414 g/mol. The number of carbonyl (C=O) groups excluding carboxylic acids is 1. The smallest absolute Gasteiger partial charge is 0.257 e. The van der Waals surface area contributed by atoms with Gasteiger partial charge in [-0.15, -0.1) is 11.3 Å². The number of nitrogens with one attached hydrogen (secondary N) is 1. The zero-order valence-corrected chi connectivity index (χ0v) is 13.9. The van der Waals surface area contributed by atoms with Gasteiger partial charge in [0.2, 0.25) is 0 Å². The molecule has 1 N–H and O–H groups in total. The summed E-state index contributed by atoms with van der Waals surface area (Å²) in [5.74, 6) is -0.0947. The van der Waals surface area contributed by atoms with Crippen LogP contribution in [0.4, 0.5) is 5.69 Å². The minimum atomic E-state index is -0.0947. The number of rotatable bonds is 2. The molecule has 0 spiro atoms. The number of hydrogen-bond acceptors (Lipinski definition) is 2. The molecule has 0 unspecified atom stereocenters. The molecule has 1 aromatic heterocycles. The summed E-state index contributed by atoms with van der Waals surface area (Å²) in [6.07, 6.45) is 0. The molecule has 0 saturated heterocycles. The normalized spacial score (nSPS) is 10.7. The summed E-state index contributed by atoms with van der Waals surface area (Å²) in [6, 6.07) is 13.3. The first-order valence-electron chi connectivity index (χ1n) is 5.88. The maximum atomic E-state index is 12.4. The van der Waals surface area contributed by atoms with Gasteiger partial charge in [-0.3, -0.25) is 4.79 Å². The van der Waals surface area contributed by atoms with Gasteiger partial charge in [-0.25, -0.2) is 0 Å². The van der Waals surface area contributed by atoms with Crippen molar-refractivity contribution in [3.63, 3.8) is 0 Å². The summed E-state index contributed by atoms with van der Waals surface area (Å²) >= 11 is 9.65. The molecular formula is C15H9ClINOS. The molecule has 3 rings (SSSR count). The fourth-order valence-electron chi connectivity index (χ4n) is 1.93. The third kappa shape index (κ3) is 2.68. The Hall–Kier alpha value is -1.11. The van der Waals surface area contributed by atoms with Gasteiger partial charge >= 0.3 is 0 Å². The fourth-order valence-corrected chi connectivity index (χ4v) is 3.88. The highest BCUT2D eigenvalue weighted by Crippen LogP contribution is 2.28. The molecule has 0 radical (unpaired) electrons. The summed E-state index contributed by atoms with van der Waals surface area (Å²) in [5.41, 5.74) is 1.48. The lowest BCUT2D eigenvalue weighted by molar-refractivity contribution is 0.102. The lowest BCUT2D eigenvalue weighted by Gasteiger charge is -2.07. The van der Waals surface area contributed by atoms with E-state index in [4.69, 9.17) is 11.6 Å². The highest BCUT2D eigenvalue weighted by Gasteiger charge is 2.13. The fraction of sp³-hybridized carbons (Fsp3) is 0. The Morgan fingerprint density at radius 3 is 2.80 bits per heavy atom. The molecule has 0 bridgehead atoms. The lowest BCUT2D eigenvalue weighted by atomic mass is 10.1. The summed E-state index contributed by atoms with van der Waals surface area (Å²) < 4.78 is 2.03. The quantitative estimate of drug-likeness (QED) is 0.559. The molecular weight excluding hydrogens is 405 g/mol. The highest BCUT2D eigenvalue weighted by atomic mass is 127. The van der Waals surface area contributed by atoms with Crippen molar-refractivity contribution in [1.82, 2.24) is 0 Å². The maximum absolute atomic E-state index is 12.4. The van der Waals surface area contributed by atoms with Crippen LogP contribution in [-0.4, -0.2) is 5.91 Å². The van der Waals surface area contributed by atoms with E-state index in [-0.39, 0.29) is 5.91 Å². The number of amides is 1. The van der Waals surface area contributed by atoms with Crippen LogP contribution in [0.3, 0.4) is 0 Å². The Bertz CT molecular complexity index is 799. The van der Waals surface area contributed by atoms with Gasteiger partial charge < -0.3 is 5.32 Å². The third-order valence-corrected chi connectivity index (χ3v) is 5.00. The van der Waals surface area contributed by atoms with Gasteiger partial charge in [-0.1, -0.05) is 29.8 Å². The zero-order chi connectivity index (χ0) is 14.1. The van der Waals surface area contributed by atoms with E-state index in [9.17, 15) is 4.79 Å². The van der Waals surface area contributed by atoms with Crippen molar-refractivity contribution in [2.45, 2.75) is 0 Å². The second kappa shape index (κ2) is 5.71. The van der Waals surface area contributed by atoms with E-state index in [1.807, 2.05) is 41.8 Å². The van der Waals surface area contributed by atoms with E-state index < -0.39 is 0 Å². The predicted octanol–water partition coefficient (Wildman–Crippen LogP) is 5.41. The Labute approximate surface area is 138 Å². The Morgan fingerprint density at radius 1 is 1.20 bits per heavy atom. The van der Waals surface area contributed by atoms with Crippen LogP contribution in [-0.2, 0) is 0 Å². The second-order valence-corrected chi connectivity index (χ2v) is 6.73. The van der Waals surface area contributed by atoms with Gasteiger partial charge in [-0.2, -0.15) is 0 Å². The van der Waals surface area contributed by atoms with Gasteiger partial charge in [0.25, 0.3) is 5.91 Å². The van der Waals surface area contributed by atoms with E-state index in [0.29, 0.717) is 10.6 Å². The summed E-state index contributed by atoms with van der Waals surface area (Å²) in [4.78, 5) is 12.4. The molecule has 100 valence electrons. The van der Waals surface area contributed by atoms with Crippen LogP contribution in [0.2, 0.25) is 5.02 Å². The molecule has 0 fully saturated rings. The minimum Gasteiger partial charge on any atom is -0.321 e. The molecule has 5 heteroatoms. The average Bonchev–Trinajstić information content (AvgIpc) is 2.86. The molecule has 20 heavy (non-hydrogen) atoms. The second-order valence-electron chi connectivity index (χ2n) is 4.22. The zero-order valence-electron chi connectivity index (χ0n) is 10.2. The molecule has 1 amide bonds. The van der Waals surface area contributed by atoms with E-state index in [1.54, 1.807) is 17.4 Å². The van der Waals surface area contributed by atoms with Crippen LogP contribution >= 0.6 is 45.5 Å². The molecule has 2 nitrogen and oxygen atoms in total.